The molecule has 1 aromatic carbocycles. The number of hydrogen-bond donors (Lipinski definition) is 1. The Morgan fingerprint density at radius 2 is 1.50 bits per heavy atom. The van der Waals surface area contributed by atoms with Gasteiger partial charge in [-0.05, 0) is 52.0 Å². The van der Waals surface area contributed by atoms with E-state index in [0.717, 1.165) is 0 Å². The lowest BCUT2D eigenvalue weighted by atomic mass is 9.98. The summed E-state index contributed by atoms with van der Waals surface area (Å²) in [5.74, 6) is -2.52. The van der Waals surface area contributed by atoms with Gasteiger partial charge in [0.1, 0.15) is 24.1 Å². The largest absolute Gasteiger partial charge is 0.342 e. The van der Waals surface area contributed by atoms with Gasteiger partial charge in [0.05, 0.1) is 0 Å². The zero-order chi connectivity index (χ0) is 18.7. The number of nitrogens with one attached hydrogen (secondary N) is 1. The molecule has 142 valence electrons. The molecule has 0 aliphatic carbocycles. The van der Waals surface area contributed by atoms with Crippen LogP contribution in [0.1, 0.15) is 27.7 Å². The van der Waals surface area contributed by atoms with Crippen molar-refractivity contribution < 1.29 is 32.9 Å². The third-order valence-electron chi connectivity index (χ3n) is 4.52. The minimum absolute atomic E-state index is 0.382. The summed E-state index contributed by atoms with van der Waals surface area (Å²) < 4.78 is 42.5. The van der Waals surface area contributed by atoms with Crippen molar-refractivity contribution in [2.45, 2.75) is 70.0 Å². The van der Waals surface area contributed by atoms with E-state index in [9.17, 15) is 9.18 Å². The molecule has 0 unspecified atom stereocenters. The van der Waals surface area contributed by atoms with Crippen molar-refractivity contribution in [2.75, 3.05) is 5.32 Å². The second-order valence-electron chi connectivity index (χ2n) is 7.59. The average Bonchev–Trinajstić information content (AvgIpc) is 3.02. The second kappa shape index (κ2) is 5.97. The first kappa shape index (κ1) is 17.8. The number of carbonyl (C=O) groups is 1. The molecule has 3 fully saturated rings. The summed E-state index contributed by atoms with van der Waals surface area (Å²) in [4.78, 5) is 12.8. The van der Waals surface area contributed by atoms with Crippen LogP contribution in [-0.4, -0.2) is 48.2 Å². The molecule has 7 nitrogen and oxygen atoms in total. The van der Waals surface area contributed by atoms with Crippen LogP contribution in [0.3, 0.4) is 0 Å². The summed E-state index contributed by atoms with van der Waals surface area (Å²) in [6, 6.07) is 5.49. The highest BCUT2D eigenvalue weighted by Crippen LogP contribution is 2.44. The van der Waals surface area contributed by atoms with Gasteiger partial charge in [-0.3, -0.25) is 4.79 Å². The lowest BCUT2D eigenvalue weighted by molar-refractivity contribution is -0.229. The van der Waals surface area contributed by atoms with Crippen LogP contribution >= 0.6 is 0 Å². The van der Waals surface area contributed by atoms with Crippen LogP contribution in [0.25, 0.3) is 0 Å². The molecule has 0 bridgehead atoms. The molecule has 0 aromatic heterocycles. The summed E-state index contributed by atoms with van der Waals surface area (Å²) in [5.41, 5.74) is 0.459. The Morgan fingerprint density at radius 1 is 0.923 bits per heavy atom. The Bertz CT molecular complexity index is 706. The SMILES string of the molecule is CC1(C)O[C@@H]2[C@@H](O1)[C@H](C(=O)Nc1ccc(F)cc1)O[C@H]1OC(C)(C)O[C@@H]12. The third kappa shape index (κ3) is 3.23. The van der Waals surface area contributed by atoms with Crippen molar-refractivity contribution in [3.63, 3.8) is 0 Å². The van der Waals surface area contributed by atoms with E-state index in [1.54, 1.807) is 27.7 Å². The Hall–Kier alpha value is -1.58. The van der Waals surface area contributed by atoms with E-state index in [2.05, 4.69) is 5.32 Å². The smallest absolute Gasteiger partial charge is 0.256 e. The Kier molecular flexibility index (Phi) is 4.09. The van der Waals surface area contributed by atoms with Crippen molar-refractivity contribution >= 4 is 11.6 Å². The van der Waals surface area contributed by atoms with Gasteiger partial charge >= 0.3 is 0 Å². The number of halogens is 1. The molecule has 26 heavy (non-hydrogen) atoms. The summed E-state index contributed by atoms with van der Waals surface area (Å²) in [7, 11) is 0. The average molecular weight is 367 g/mol. The summed E-state index contributed by atoms with van der Waals surface area (Å²) >= 11 is 0. The fourth-order valence-corrected chi connectivity index (χ4v) is 3.57. The van der Waals surface area contributed by atoms with Crippen LogP contribution in [-0.2, 0) is 28.5 Å². The van der Waals surface area contributed by atoms with Crippen molar-refractivity contribution in [1.82, 2.24) is 0 Å². The molecule has 5 atom stereocenters. The monoisotopic (exact) mass is 367 g/mol. The second-order valence-corrected chi connectivity index (χ2v) is 7.59. The van der Waals surface area contributed by atoms with Gasteiger partial charge in [0.25, 0.3) is 5.91 Å². The van der Waals surface area contributed by atoms with Gasteiger partial charge in [-0.25, -0.2) is 4.39 Å². The zero-order valence-corrected chi connectivity index (χ0v) is 15.0. The maximum atomic E-state index is 13.1. The Balaban J connectivity index is 1.57. The molecule has 0 saturated carbocycles. The Labute approximate surface area is 150 Å². The van der Waals surface area contributed by atoms with E-state index in [-0.39, 0.29) is 5.82 Å². The lowest BCUT2D eigenvalue weighted by Crippen LogP contribution is -2.58. The molecule has 3 heterocycles. The van der Waals surface area contributed by atoms with Crippen LogP contribution in [0.15, 0.2) is 24.3 Å². The molecule has 1 N–H and O–H groups in total. The molecule has 3 aliphatic heterocycles. The highest BCUT2D eigenvalue weighted by molar-refractivity contribution is 5.94. The topological polar surface area (TPSA) is 75.3 Å². The number of amides is 1. The summed E-state index contributed by atoms with van der Waals surface area (Å²) in [6.07, 6.45) is -3.34. The standard InChI is InChI=1S/C18H22FNO6/c1-17(2)23-11-12(24-17)14-16(26-18(3,4)25-14)22-13(11)15(21)20-10-7-5-9(19)6-8-10/h5-8,11-14,16H,1-4H3,(H,20,21)/t11-,12-,13-,14-,16+/m1/s1. The summed E-state index contributed by atoms with van der Waals surface area (Å²) in [5, 5.41) is 2.72. The maximum absolute atomic E-state index is 13.1. The molecule has 3 saturated heterocycles. The fraction of sp³-hybridized carbons (Fsp3) is 0.611. The Morgan fingerprint density at radius 3 is 2.19 bits per heavy atom. The van der Waals surface area contributed by atoms with E-state index in [0.29, 0.717) is 5.69 Å². The number of hydrogen-bond acceptors (Lipinski definition) is 6. The predicted molar refractivity (Wildman–Crippen MR) is 87.6 cm³/mol. The van der Waals surface area contributed by atoms with Crippen molar-refractivity contribution in [2.24, 2.45) is 0 Å². The maximum Gasteiger partial charge on any atom is 0.256 e. The summed E-state index contributed by atoms with van der Waals surface area (Å²) in [6.45, 7) is 7.10. The fourth-order valence-electron chi connectivity index (χ4n) is 3.57. The molecule has 4 rings (SSSR count). The van der Waals surface area contributed by atoms with Crippen LogP contribution in [0, 0.1) is 5.82 Å². The van der Waals surface area contributed by atoms with Crippen LogP contribution in [0.5, 0.6) is 0 Å². The van der Waals surface area contributed by atoms with Gasteiger partial charge in [0, 0.05) is 5.69 Å². The molecule has 1 aromatic rings. The molecule has 3 aliphatic rings. The molecular weight excluding hydrogens is 345 g/mol. The minimum atomic E-state index is -0.953. The number of carbonyl (C=O) groups excluding carboxylic acids is 1. The molecule has 8 heteroatoms. The lowest BCUT2D eigenvalue weighted by Gasteiger charge is -2.36. The number of benzene rings is 1. The van der Waals surface area contributed by atoms with Gasteiger partial charge in [-0.1, -0.05) is 0 Å². The first-order chi connectivity index (χ1) is 12.1. The van der Waals surface area contributed by atoms with Gasteiger partial charge in [0.15, 0.2) is 24.0 Å². The first-order valence-electron chi connectivity index (χ1n) is 8.57. The normalized spacial score (nSPS) is 37.0. The van der Waals surface area contributed by atoms with Crippen LogP contribution < -0.4 is 5.32 Å². The highest BCUT2D eigenvalue weighted by atomic mass is 19.1. The quantitative estimate of drug-likeness (QED) is 0.863. The van der Waals surface area contributed by atoms with Gasteiger partial charge in [-0.15, -0.1) is 0 Å². The minimum Gasteiger partial charge on any atom is -0.342 e. The number of fused-ring (bicyclic) bond motifs is 3. The molecule has 0 radical (unpaired) electrons. The predicted octanol–water partition coefficient (Wildman–Crippen LogP) is 2.16. The highest BCUT2D eigenvalue weighted by Gasteiger charge is 2.62. The van der Waals surface area contributed by atoms with E-state index >= 15 is 0 Å². The van der Waals surface area contributed by atoms with E-state index in [1.807, 2.05) is 0 Å². The van der Waals surface area contributed by atoms with Crippen LogP contribution in [0.2, 0.25) is 0 Å². The molecule has 0 spiro atoms. The molecular formula is C18H22FNO6. The number of anilines is 1. The first-order valence-corrected chi connectivity index (χ1v) is 8.57. The number of rotatable bonds is 2. The van der Waals surface area contributed by atoms with E-state index < -0.39 is 48.2 Å². The van der Waals surface area contributed by atoms with Gasteiger partial charge in [0.2, 0.25) is 0 Å². The third-order valence-corrected chi connectivity index (χ3v) is 4.52. The molecule has 1 amide bonds. The van der Waals surface area contributed by atoms with Gasteiger partial charge in [-0.2, -0.15) is 0 Å². The van der Waals surface area contributed by atoms with Gasteiger partial charge < -0.3 is 29.0 Å². The van der Waals surface area contributed by atoms with Crippen molar-refractivity contribution in [1.29, 1.82) is 0 Å². The number of ether oxygens (including phenoxy) is 5. The van der Waals surface area contributed by atoms with Crippen LogP contribution in [0.4, 0.5) is 10.1 Å². The van der Waals surface area contributed by atoms with Crippen molar-refractivity contribution in [3.05, 3.63) is 30.1 Å². The van der Waals surface area contributed by atoms with Crippen molar-refractivity contribution in [3.8, 4) is 0 Å². The van der Waals surface area contributed by atoms with E-state index in [4.69, 9.17) is 23.7 Å². The van der Waals surface area contributed by atoms with E-state index in [1.165, 1.54) is 24.3 Å². The zero-order valence-electron chi connectivity index (χ0n) is 15.0.